The lowest BCUT2D eigenvalue weighted by Gasteiger charge is -2.16. The zero-order valence-corrected chi connectivity index (χ0v) is 14.3. The number of carbonyl (C=O) groups is 2. The minimum atomic E-state index is -0.335. The first-order chi connectivity index (χ1) is 12.6. The molecule has 0 saturated carbocycles. The monoisotopic (exact) mass is 343 g/mol. The molecular weight excluding hydrogens is 326 g/mol. The molecule has 2 amide bonds. The fourth-order valence-corrected chi connectivity index (χ4v) is 3.21. The second kappa shape index (κ2) is 6.44. The molecule has 0 radical (unpaired) electrons. The molecule has 0 atom stereocenters. The number of hydrogen-bond donors (Lipinski definition) is 1. The van der Waals surface area contributed by atoms with E-state index in [-0.39, 0.29) is 18.4 Å². The van der Waals surface area contributed by atoms with Gasteiger partial charge in [0.1, 0.15) is 6.54 Å². The molecule has 1 N–H and O–H groups in total. The summed E-state index contributed by atoms with van der Waals surface area (Å²) >= 11 is 0. The van der Waals surface area contributed by atoms with Crippen molar-refractivity contribution in [2.24, 2.45) is 5.10 Å². The summed E-state index contributed by atoms with van der Waals surface area (Å²) in [5.41, 5.74) is 5.58. The number of benzene rings is 3. The van der Waals surface area contributed by atoms with Crippen molar-refractivity contribution in [3.63, 3.8) is 0 Å². The van der Waals surface area contributed by atoms with Gasteiger partial charge in [0.25, 0.3) is 11.8 Å². The number of rotatable bonds is 4. The van der Waals surface area contributed by atoms with E-state index in [1.54, 1.807) is 6.07 Å². The molecule has 0 spiro atoms. The first-order valence-corrected chi connectivity index (χ1v) is 8.37. The van der Waals surface area contributed by atoms with E-state index in [0.717, 1.165) is 22.0 Å². The van der Waals surface area contributed by atoms with Crippen molar-refractivity contribution in [3.8, 4) is 0 Å². The number of hydrogen-bond acceptors (Lipinski definition) is 3. The summed E-state index contributed by atoms with van der Waals surface area (Å²) in [6.45, 7) is 1.76. The Kier molecular flexibility index (Phi) is 3.97. The number of carbonyl (C=O) groups excluding carboxylic acids is 2. The third-order valence-corrected chi connectivity index (χ3v) is 4.49. The van der Waals surface area contributed by atoms with E-state index < -0.39 is 0 Å². The van der Waals surface area contributed by atoms with Gasteiger partial charge in [0, 0.05) is 10.9 Å². The molecule has 0 unspecified atom stereocenters. The molecule has 0 saturated heterocycles. The van der Waals surface area contributed by atoms with Gasteiger partial charge in [-0.3, -0.25) is 14.5 Å². The Morgan fingerprint density at radius 2 is 1.73 bits per heavy atom. The number of anilines is 1. The quantitative estimate of drug-likeness (QED) is 0.583. The minimum absolute atomic E-state index is 0.0712. The van der Waals surface area contributed by atoms with Crippen LogP contribution in [0.25, 0.3) is 10.8 Å². The van der Waals surface area contributed by atoms with Gasteiger partial charge in [-0.15, -0.1) is 0 Å². The first-order valence-electron chi connectivity index (χ1n) is 8.37. The predicted molar refractivity (Wildman–Crippen MR) is 102 cm³/mol. The smallest absolute Gasteiger partial charge is 0.260 e. The first kappa shape index (κ1) is 16.0. The van der Waals surface area contributed by atoms with E-state index in [1.165, 1.54) is 4.90 Å². The third-order valence-electron chi connectivity index (χ3n) is 4.49. The van der Waals surface area contributed by atoms with Crippen LogP contribution in [-0.2, 0) is 4.79 Å². The van der Waals surface area contributed by atoms with Crippen molar-refractivity contribution in [1.29, 1.82) is 0 Å². The Morgan fingerprint density at radius 3 is 2.50 bits per heavy atom. The van der Waals surface area contributed by atoms with E-state index in [0.29, 0.717) is 11.3 Å². The highest BCUT2D eigenvalue weighted by molar-refractivity contribution is 6.26. The topological polar surface area (TPSA) is 61.8 Å². The normalized spacial score (nSPS) is 13.3. The van der Waals surface area contributed by atoms with Crippen molar-refractivity contribution >= 4 is 34.0 Å². The molecule has 3 aromatic rings. The van der Waals surface area contributed by atoms with Gasteiger partial charge in [-0.2, -0.15) is 5.10 Å². The molecule has 5 nitrogen and oxygen atoms in total. The fourth-order valence-electron chi connectivity index (χ4n) is 3.21. The number of amides is 2. The maximum atomic E-state index is 12.7. The van der Waals surface area contributed by atoms with Crippen molar-refractivity contribution in [2.45, 2.75) is 6.92 Å². The Balaban J connectivity index is 1.53. The van der Waals surface area contributed by atoms with E-state index in [9.17, 15) is 9.59 Å². The molecular formula is C21H17N3O2. The van der Waals surface area contributed by atoms with Crippen LogP contribution in [0.2, 0.25) is 0 Å². The zero-order valence-electron chi connectivity index (χ0n) is 14.3. The highest BCUT2D eigenvalue weighted by Gasteiger charge is 2.30. The summed E-state index contributed by atoms with van der Waals surface area (Å²) < 4.78 is 0. The molecule has 1 aliphatic heterocycles. The van der Waals surface area contributed by atoms with Crippen LogP contribution in [0.4, 0.5) is 5.69 Å². The highest BCUT2D eigenvalue weighted by Crippen LogP contribution is 2.36. The minimum Gasteiger partial charge on any atom is -0.298 e. The van der Waals surface area contributed by atoms with Gasteiger partial charge >= 0.3 is 0 Å². The largest absolute Gasteiger partial charge is 0.298 e. The molecule has 0 fully saturated rings. The summed E-state index contributed by atoms with van der Waals surface area (Å²) in [5.74, 6) is -0.492. The average Bonchev–Trinajstić information content (AvgIpc) is 2.95. The second-order valence-electron chi connectivity index (χ2n) is 6.17. The predicted octanol–water partition coefficient (Wildman–Crippen LogP) is 3.34. The third kappa shape index (κ3) is 2.73. The van der Waals surface area contributed by atoms with Crippen LogP contribution in [-0.4, -0.2) is 24.1 Å². The summed E-state index contributed by atoms with van der Waals surface area (Å²) in [7, 11) is 0. The van der Waals surface area contributed by atoms with E-state index in [4.69, 9.17) is 0 Å². The van der Waals surface area contributed by atoms with Gasteiger partial charge in [0.2, 0.25) is 0 Å². The SMILES string of the molecule is C/C(=N\NC(=O)CN1C(=O)c2cccc3cccc1c23)c1ccccc1. The molecule has 0 aliphatic carbocycles. The van der Waals surface area contributed by atoms with Crippen LogP contribution in [0.5, 0.6) is 0 Å². The standard InChI is InChI=1S/C21H17N3O2/c1-14(15-7-3-2-4-8-15)22-23-19(25)13-24-18-12-6-10-16-9-5-11-17(20(16)18)21(24)26/h2-12H,13H2,1H3,(H,23,25)/b22-14+. The maximum Gasteiger partial charge on any atom is 0.260 e. The fraction of sp³-hybridized carbons (Fsp3) is 0.0952. The Hall–Kier alpha value is -3.47. The molecule has 4 rings (SSSR count). The molecule has 128 valence electrons. The van der Waals surface area contributed by atoms with Crippen molar-refractivity contribution in [3.05, 3.63) is 77.9 Å². The van der Waals surface area contributed by atoms with Gasteiger partial charge in [-0.1, -0.05) is 54.6 Å². The van der Waals surface area contributed by atoms with Crippen LogP contribution in [0.1, 0.15) is 22.8 Å². The molecule has 3 aromatic carbocycles. The van der Waals surface area contributed by atoms with E-state index >= 15 is 0 Å². The highest BCUT2D eigenvalue weighted by atomic mass is 16.2. The lowest BCUT2D eigenvalue weighted by atomic mass is 10.1. The van der Waals surface area contributed by atoms with Gasteiger partial charge in [0.15, 0.2) is 0 Å². The van der Waals surface area contributed by atoms with Gasteiger partial charge in [0.05, 0.1) is 11.4 Å². The van der Waals surface area contributed by atoms with Crippen LogP contribution >= 0.6 is 0 Å². The van der Waals surface area contributed by atoms with E-state index in [1.807, 2.05) is 67.6 Å². The van der Waals surface area contributed by atoms with E-state index in [2.05, 4.69) is 10.5 Å². The molecule has 1 aliphatic rings. The molecule has 1 heterocycles. The van der Waals surface area contributed by atoms with Crippen molar-refractivity contribution in [2.75, 3.05) is 11.4 Å². The van der Waals surface area contributed by atoms with Crippen molar-refractivity contribution in [1.82, 2.24) is 5.43 Å². The Labute approximate surface area is 150 Å². The van der Waals surface area contributed by atoms with Crippen LogP contribution in [0, 0.1) is 0 Å². The second-order valence-corrected chi connectivity index (χ2v) is 6.17. The lowest BCUT2D eigenvalue weighted by molar-refractivity contribution is -0.119. The van der Waals surface area contributed by atoms with Crippen molar-refractivity contribution < 1.29 is 9.59 Å². The van der Waals surface area contributed by atoms with Crippen LogP contribution < -0.4 is 10.3 Å². The number of hydrazone groups is 1. The number of nitrogens with one attached hydrogen (secondary N) is 1. The molecule has 26 heavy (non-hydrogen) atoms. The summed E-state index contributed by atoms with van der Waals surface area (Å²) in [5, 5.41) is 6.03. The van der Waals surface area contributed by atoms with Crippen LogP contribution in [0.15, 0.2) is 71.8 Å². The Bertz CT molecular complexity index is 1040. The van der Waals surface area contributed by atoms with Crippen LogP contribution in [0.3, 0.4) is 0 Å². The van der Waals surface area contributed by atoms with Gasteiger partial charge in [-0.25, -0.2) is 5.43 Å². The zero-order chi connectivity index (χ0) is 18.1. The summed E-state index contributed by atoms with van der Waals surface area (Å²) in [6.07, 6.45) is 0. The van der Waals surface area contributed by atoms with Gasteiger partial charge < -0.3 is 0 Å². The molecule has 0 aromatic heterocycles. The summed E-state index contributed by atoms with van der Waals surface area (Å²) in [6, 6.07) is 20.9. The molecule has 5 heteroatoms. The summed E-state index contributed by atoms with van der Waals surface area (Å²) in [4.78, 5) is 26.5. The maximum absolute atomic E-state index is 12.7. The Morgan fingerprint density at radius 1 is 1.00 bits per heavy atom. The van der Waals surface area contributed by atoms with Gasteiger partial charge in [-0.05, 0) is 30.0 Å². The average molecular weight is 343 g/mol. The lowest BCUT2D eigenvalue weighted by Crippen LogP contribution is -2.37. The molecule has 0 bridgehead atoms. The number of nitrogens with zero attached hydrogens (tertiary/aromatic N) is 2.